The van der Waals surface area contributed by atoms with E-state index in [0.29, 0.717) is 11.3 Å². The third-order valence-electron chi connectivity index (χ3n) is 3.50. The van der Waals surface area contributed by atoms with Gasteiger partial charge in [-0.05, 0) is 31.2 Å². The van der Waals surface area contributed by atoms with E-state index >= 15 is 0 Å². The first-order valence-electron chi connectivity index (χ1n) is 7.16. The molecule has 116 valence electrons. The maximum absolute atomic E-state index is 13.5. The number of fused-ring (bicyclic) bond motifs is 1. The summed E-state index contributed by atoms with van der Waals surface area (Å²) in [4.78, 5) is 17.4. The molecular formula is C18H15FN2OS. The number of thioether (sulfide) groups is 1. The normalized spacial score (nSPS) is 10.7. The molecule has 0 saturated carbocycles. The van der Waals surface area contributed by atoms with E-state index < -0.39 is 0 Å². The number of nitrogens with zero attached hydrogens (tertiary/aromatic N) is 1. The zero-order valence-electron chi connectivity index (χ0n) is 12.5. The first-order valence-corrected chi connectivity index (χ1v) is 8.15. The van der Waals surface area contributed by atoms with Gasteiger partial charge in [-0.2, -0.15) is 0 Å². The molecule has 0 aliphatic rings. The molecule has 3 rings (SSSR count). The number of carbonyl (C=O) groups excluding carboxylic acids is 1. The molecule has 0 fully saturated rings. The van der Waals surface area contributed by atoms with Crippen molar-refractivity contribution in [1.29, 1.82) is 0 Å². The lowest BCUT2D eigenvalue weighted by atomic mass is 10.2. The van der Waals surface area contributed by atoms with E-state index in [-0.39, 0.29) is 17.5 Å². The van der Waals surface area contributed by atoms with E-state index in [9.17, 15) is 9.18 Å². The second kappa shape index (κ2) is 6.79. The second-order valence-corrected chi connectivity index (χ2v) is 6.10. The highest BCUT2D eigenvalue weighted by atomic mass is 32.2. The van der Waals surface area contributed by atoms with E-state index in [1.165, 1.54) is 17.8 Å². The highest BCUT2D eigenvalue weighted by Gasteiger charge is 2.09. The van der Waals surface area contributed by atoms with Crippen LogP contribution in [0.4, 0.5) is 10.1 Å². The second-order valence-electron chi connectivity index (χ2n) is 5.08. The van der Waals surface area contributed by atoms with Gasteiger partial charge in [0.1, 0.15) is 5.82 Å². The Morgan fingerprint density at radius 2 is 1.96 bits per heavy atom. The highest BCUT2D eigenvalue weighted by Crippen LogP contribution is 2.26. The van der Waals surface area contributed by atoms with Gasteiger partial charge in [-0.15, -0.1) is 11.8 Å². The Morgan fingerprint density at radius 1 is 1.17 bits per heavy atom. The Kier molecular flexibility index (Phi) is 4.57. The van der Waals surface area contributed by atoms with Crippen LogP contribution >= 0.6 is 11.8 Å². The number of nitrogens with one attached hydrogen (secondary N) is 1. The lowest BCUT2D eigenvalue weighted by Gasteiger charge is -2.09. The van der Waals surface area contributed by atoms with Crippen LogP contribution in [-0.2, 0) is 4.79 Å². The van der Waals surface area contributed by atoms with Gasteiger partial charge in [-0.3, -0.25) is 9.78 Å². The molecule has 0 saturated heterocycles. The number of hydrogen-bond donors (Lipinski definition) is 1. The molecule has 1 aromatic heterocycles. The smallest absolute Gasteiger partial charge is 0.234 e. The summed E-state index contributed by atoms with van der Waals surface area (Å²) >= 11 is 1.42. The summed E-state index contributed by atoms with van der Waals surface area (Å²) in [5, 5.41) is 3.79. The average molecular weight is 326 g/mol. The summed E-state index contributed by atoms with van der Waals surface area (Å²) in [6.45, 7) is 1.65. The van der Waals surface area contributed by atoms with Crippen LogP contribution in [0.5, 0.6) is 0 Å². The van der Waals surface area contributed by atoms with Crippen molar-refractivity contribution in [3.05, 3.63) is 66.1 Å². The molecule has 1 N–H and O–H groups in total. The van der Waals surface area contributed by atoms with Gasteiger partial charge in [0.05, 0.1) is 11.3 Å². The molecule has 0 bridgehead atoms. The summed E-state index contributed by atoms with van der Waals surface area (Å²) in [5.41, 5.74) is 1.83. The Balaban J connectivity index is 1.70. The maximum atomic E-state index is 13.5. The minimum atomic E-state index is -0.325. The summed E-state index contributed by atoms with van der Waals surface area (Å²) in [7, 11) is 0. The van der Waals surface area contributed by atoms with Crippen LogP contribution in [0.25, 0.3) is 10.9 Å². The molecule has 0 radical (unpaired) electrons. The van der Waals surface area contributed by atoms with Crippen LogP contribution in [0.1, 0.15) is 5.56 Å². The molecule has 3 aromatic rings. The molecular weight excluding hydrogens is 311 g/mol. The molecule has 23 heavy (non-hydrogen) atoms. The number of amides is 1. The van der Waals surface area contributed by atoms with Crippen LogP contribution < -0.4 is 5.32 Å². The van der Waals surface area contributed by atoms with Gasteiger partial charge in [0.15, 0.2) is 0 Å². The standard InChI is InChI=1S/C18H15FN2OS/c1-12-14(19)7-3-8-15(12)21-17(22)11-23-16-9-2-5-13-6-4-10-20-18(13)16/h2-10H,11H2,1H3,(H,21,22). The van der Waals surface area contributed by atoms with Crippen molar-refractivity contribution in [3.8, 4) is 0 Å². The van der Waals surface area contributed by atoms with Gasteiger partial charge < -0.3 is 5.32 Å². The SMILES string of the molecule is Cc1c(F)cccc1NC(=O)CSc1cccc2cccnc12. The largest absolute Gasteiger partial charge is 0.325 e. The van der Waals surface area contributed by atoms with Gasteiger partial charge in [-0.1, -0.05) is 24.3 Å². The molecule has 2 aromatic carbocycles. The molecule has 5 heteroatoms. The first kappa shape index (κ1) is 15.5. The van der Waals surface area contributed by atoms with Gasteiger partial charge in [-0.25, -0.2) is 4.39 Å². The van der Waals surface area contributed by atoms with Crippen molar-refractivity contribution < 1.29 is 9.18 Å². The van der Waals surface area contributed by atoms with E-state index in [1.807, 2.05) is 30.3 Å². The lowest BCUT2D eigenvalue weighted by Crippen LogP contribution is -2.15. The molecule has 0 aliphatic heterocycles. The zero-order valence-corrected chi connectivity index (χ0v) is 13.4. The number of halogens is 1. The number of carbonyl (C=O) groups is 1. The van der Waals surface area contributed by atoms with Crippen molar-refractivity contribution in [3.63, 3.8) is 0 Å². The predicted molar refractivity (Wildman–Crippen MR) is 92.2 cm³/mol. The van der Waals surface area contributed by atoms with Gasteiger partial charge in [0.2, 0.25) is 5.91 Å². The number of anilines is 1. The summed E-state index contributed by atoms with van der Waals surface area (Å²) < 4.78 is 13.5. The quantitative estimate of drug-likeness (QED) is 0.722. The van der Waals surface area contributed by atoms with E-state index in [2.05, 4.69) is 10.3 Å². The van der Waals surface area contributed by atoms with Crippen molar-refractivity contribution in [2.75, 3.05) is 11.1 Å². The van der Waals surface area contributed by atoms with Gasteiger partial charge in [0.25, 0.3) is 0 Å². The summed E-state index contributed by atoms with van der Waals surface area (Å²) in [6.07, 6.45) is 1.74. The van der Waals surface area contributed by atoms with Crippen molar-refractivity contribution >= 4 is 34.3 Å². The molecule has 1 amide bonds. The molecule has 0 aliphatic carbocycles. The predicted octanol–water partition coefficient (Wildman–Crippen LogP) is 4.41. The average Bonchev–Trinajstić information content (AvgIpc) is 2.57. The van der Waals surface area contributed by atoms with Gasteiger partial charge >= 0.3 is 0 Å². The molecule has 1 heterocycles. The van der Waals surface area contributed by atoms with Crippen molar-refractivity contribution in [2.24, 2.45) is 0 Å². The number of hydrogen-bond acceptors (Lipinski definition) is 3. The Labute approximate surface area is 137 Å². The van der Waals surface area contributed by atoms with Crippen molar-refractivity contribution in [2.45, 2.75) is 11.8 Å². The Hall–Kier alpha value is -2.40. The fourth-order valence-electron chi connectivity index (χ4n) is 2.27. The van der Waals surface area contributed by atoms with Crippen LogP contribution in [0.15, 0.2) is 59.6 Å². The Bertz CT molecular complexity index is 861. The summed E-state index contributed by atoms with van der Waals surface area (Å²) in [6, 6.07) is 14.4. The van der Waals surface area contributed by atoms with E-state index in [1.54, 1.807) is 25.3 Å². The third-order valence-corrected chi connectivity index (χ3v) is 4.54. The maximum Gasteiger partial charge on any atom is 0.234 e. The molecule has 0 spiro atoms. The fraction of sp³-hybridized carbons (Fsp3) is 0.111. The van der Waals surface area contributed by atoms with Crippen LogP contribution in [0, 0.1) is 12.7 Å². The number of para-hydroxylation sites is 1. The number of rotatable bonds is 4. The lowest BCUT2D eigenvalue weighted by molar-refractivity contribution is -0.113. The van der Waals surface area contributed by atoms with E-state index in [0.717, 1.165) is 15.8 Å². The number of pyridine rings is 1. The molecule has 3 nitrogen and oxygen atoms in total. The van der Waals surface area contributed by atoms with Gasteiger partial charge in [0, 0.05) is 27.7 Å². The minimum Gasteiger partial charge on any atom is -0.325 e. The first-order chi connectivity index (χ1) is 11.1. The number of benzene rings is 2. The third kappa shape index (κ3) is 3.51. The highest BCUT2D eigenvalue weighted by molar-refractivity contribution is 8.00. The van der Waals surface area contributed by atoms with E-state index in [4.69, 9.17) is 0 Å². The fourth-order valence-corrected chi connectivity index (χ4v) is 3.11. The van der Waals surface area contributed by atoms with Crippen LogP contribution in [0.2, 0.25) is 0 Å². The van der Waals surface area contributed by atoms with Crippen molar-refractivity contribution in [1.82, 2.24) is 4.98 Å². The minimum absolute atomic E-state index is 0.170. The zero-order chi connectivity index (χ0) is 16.2. The molecule has 0 atom stereocenters. The monoisotopic (exact) mass is 326 g/mol. The number of aromatic nitrogens is 1. The molecule has 0 unspecified atom stereocenters. The Morgan fingerprint density at radius 3 is 2.83 bits per heavy atom. The van der Waals surface area contributed by atoms with Crippen LogP contribution in [0.3, 0.4) is 0 Å². The summed E-state index contributed by atoms with van der Waals surface area (Å²) in [5.74, 6) is -0.253. The topological polar surface area (TPSA) is 42.0 Å². The van der Waals surface area contributed by atoms with Crippen LogP contribution in [-0.4, -0.2) is 16.6 Å².